The van der Waals surface area contributed by atoms with Gasteiger partial charge in [0.1, 0.15) is 11.6 Å². The number of aromatic nitrogens is 3. The molecule has 0 aliphatic heterocycles. The maximum absolute atomic E-state index is 14.3. The van der Waals surface area contributed by atoms with E-state index < -0.39 is 11.6 Å². The molecule has 0 saturated carbocycles. The molecule has 1 N–H and O–H groups in total. The minimum absolute atomic E-state index is 0. The van der Waals surface area contributed by atoms with Gasteiger partial charge >= 0.3 is 0 Å². The van der Waals surface area contributed by atoms with Gasteiger partial charge in [-0.05, 0) is 31.2 Å². The third-order valence-corrected chi connectivity index (χ3v) is 4.31. The zero-order valence-electron chi connectivity index (χ0n) is 15.1. The topological polar surface area (TPSA) is 73.9 Å². The molecular formula is C20H12F2KN4O. The summed E-state index contributed by atoms with van der Waals surface area (Å²) in [4.78, 5) is 17.0. The molecule has 5 nitrogen and oxygen atoms in total. The van der Waals surface area contributed by atoms with Crippen LogP contribution in [0.4, 0.5) is 8.78 Å². The van der Waals surface area contributed by atoms with Crippen LogP contribution in [0.3, 0.4) is 0 Å². The summed E-state index contributed by atoms with van der Waals surface area (Å²) in [6, 6.07) is 13.3. The monoisotopic (exact) mass is 401 g/mol. The van der Waals surface area contributed by atoms with Crippen molar-refractivity contribution >= 4 is 57.0 Å². The van der Waals surface area contributed by atoms with Crippen molar-refractivity contribution in [2.24, 2.45) is 0 Å². The van der Waals surface area contributed by atoms with Crippen molar-refractivity contribution in [3.63, 3.8) is 0 Å². The Morgan fingerprint density at radius 3 is 2.46 bits per heavy atom. The van der Waals surface area contributed by atoms with Crippen LogP contribution >= 0.6 is 0 Å². The number of benzene rings is 2. The molecule has 2 heterocycles. The molecule has 2 aromatic carbocycles. The van der Waals surface area contributed by atoms with Crippen molar-refractivity contribution in [2.75, 3.05) is 0 Å². The van der Waals surface area contributed by atoms with Crippen LogP contribution in [0.1, 0.15) is 11.3 Å². The molecule has 0 unspecified atom stereocenters. The number of aryl methyl sites for hydroxylation is 1. The van der Waals surface area contributed by atoms with E-state index in [1.54, 1.807) is 31.2 Å². The van der Waals surface area contributed by atoms with Crippen molar-refractivity contribution in [3.05, 3.63) is 81.8 Å². The van der Waals surface area contributed by atoms with Crippen molar-refractivity contribution in [3.8, 4) is 28.5 Å². The second-order valence-corrected chi connectivity index (χ2v) is 6.06. The molecule has 0 bridgehead atoms. The molecule has 0 saturated heterocycles. The summed E-state index contributed by atoms with van der Waals surface area (Å²) in [5.41, 5.74) is 2.48. The van der Waals surface area contributed by atoms with E-state index in [0.29, 0.717) is 28.1 Å². The first-order valence-electron chi connectivity index (χ1n) is 8.06. The van der Waals surface area contributed by atoms with Gasteiger partial charge in [-0.3, -0.25) is 9.89 Å². The second kappa shape index (κ2) is 8.07. The van der Waals surface area contributed by atoms with Crippen molar-refractivity contribution in [2.45, 2.75) is 6.92 Å². The van der Waals surface area contributed by atoms with Crippen LogP contribution in [0.5, 0.6) is 0 Å². The molecule has 0 amide bonds. The molecule has 0 fully saturated rings. The number of nitrogens with zero attached hydrogens (tertiary/aromatic N) is 3. The van der Waals surface area contributed by atoms with Gasteiger partial charge in [-0.2, -0.15) is 5.26 Å². The Morgan fingerprint density at radius 2 is 1.82 bits per heavy atom. The van der Waals surface area contributed by atoms with Crippen LogP contribution in [-0.2, 0) is 0 Å². The van der Waals surface area contributed by atoms with E-state index in [-0.39, 0.29) is 68.2 Å². The Kier molecular flexibility index (Phi) is 5.93. The van der Waals surface area contributed by atoms with Gasteiger partial charge in [0.15, 0.2) is 5.65 Å². The maximum Gasteiger partial charge on any atom is 0.273 e. The summed E-state index contributed by atoms with van der Waals surface area (Å²) in [5, 5.41) is 11.8. The normalized spacial score (nSPS) is 10.5. The van der Waals surface area contributed by atoms with Gasteiger partial charge in [0, 0.05) is 85.9 Å². The Hall–Kier alpha value is -2.15. The standard InChI is InChI=1S/C20H12F2N4O.K/c1-11-19(15-7-6-14(21)8-16(15)22)20-24-17(9-18(27)26(20)25-11)13-4-2-12(10-23)3-5-13;/h2-9,25H,1H3;. The zero-order chi connectivity index (χ0) is 19.1. The molecule has 1 radical (unpaired) electrons. The number of H-pyrrole nitrogens is 1. The maximum atomic E-state index is 14.3. The summed E-state index contributed by atoms with van der Waals surface area (Å²) >= 11 is 0. The van der Waals surface area contributed by atoms with Crippen LogP contribution in [0.25, 0.3) is 28.0 Å². The summed E-state index contributed by atoms with van der Waals surface area (Å²) < 4.78 is 28.8. The average Bonchev–Trinajstić information content (AvgIpc) is 2.98. The van der Waals surface area contributed by atoms with Crippen LogP contribution in [0.15, 0.2) is 53.3 Å². The van der Waals surface area contributed by atoms with Crippen molar-refractivity contribution in [1.29, 1.82) is 5.26 Å². The number of nitriles is 1. The van der Waals surface area contributed by atoms with E-state index >= 15 is 0 Å². The molecule has 28 heavy (non-hydrogen) atoms. The Morgan fingerprint density at radius 1 is 1.11 bits per heavy atom. The molecule has 0 aliphatic carbocycles. The third kappa shape index (κ3) is 3.59. The zero-order valence-corrected chi connectivity index (χ0v) is 18.2. The van der Waals surface area contributed by atoms with E-state index in [4.69, 9.17) is 5.26 Å². The average molecular weight is 401 g/mol. The quantitative estimate of drug-likeness (QED) is 0.523. The Labute approximate surface area is 201 Å². The van der Waals surface area contributed by atoms with E-state index in [9.17, 15) is 13.6 Å². The summed E-state index contributed by atoms with van der Waals surface area (Å²) in [6.45, 7) is 1.69. The molecule has 0 atom stereocenters. The third-order valence-electron chi connectivity index (χ3n) is 4.31. The summed E-state index contributed by atoms with van der Waals surface area (Å²) in [6.07, 6.45) is 0. The minimum atomic E-state index is -0.738. The van der Waals surface area contributed by atoms with Gasteiger partial charge in [0.2, 0.25) is 0 Å². The first-order valence-corrected chi connectivity index (χ1v) is 8.06. The number of aromatic amines is 1. The number of hydrogen-bond donors (Lipinski definition) is 1. The SMILES string of the molecule is Cc1[nH]n2c(=O)cc(-c3ccc(C#N)cc3)nc2c1-c1ccc(F)cc1F.[K]. The summed E-state index contributed by atoms with van der Waals surface area (Å²) in [5.74, 6) is -1.42. The number of fused-ring (bicyclic) bond motifs is 1. The summed E-state index contributed by atoms with van der Waals surface area (Å²) in [7, 11) is 0. The van der Waals surface area contributed by atoms with Crippen LogP contribution in [0, 0.1) is 29.9 Å². The Balaban J connectivity index is 0.00000225. The van der Waals surface area contributed by atoms with Gasteiger partial charge in [-0.15, -0.1) is 0 Å². The molecule has 4 rings (SSSR count). The van der Waals surface area contributed by atoms with Crippen molar-refractivity contribution < 1.29 is 8.78 Å². The largest absolute Gasteiger partial charge is 0.293 e. The van der Waals surface area contributed by atoms with Crippen LogP contribution < -0.4 is 5.56 Å². The van der Waals surface area contributed by atoms with Gasteiger partial charge in [-0.25, -0.2) is 18.3 Å². The van der Waals surface area contributed by atoms with Gasteiger partial charge in [0.25, 0.3) is 5.56 Å². The number of rotatable bonds is 2. The molecule has 8 heteroatoms. The molecular weight excluding hydrogens is 389 g/mol. The first-order chi connectivity index (χ1) is 13.0. The number of halogens is 2. The number of nitrogens with one attached hydrogen (secondary N) is 1. The predicted octanol–water partition coefficient (Wildman–Crippen LogP) is 3.43. The molecule has 0 aliphatic rings. The van der Waals surface area contributed by atoms with E-state index in [0.717, 1.165) is 12.1 Å². The fraction of sp³-hybridized carbons (Fsp3) is 0.0500. The van der Waals surface area contributed by atoms with Crippen LogP contribution in [-0.4, -0.2) is 66.0 Å². The predicted molar refractivity (Wildman–Crippen MR) is 102 cm³/mol. The molecule has 133 valence electrons. The van der Waals surface area contributed by atoms with E-state index in [1.165, 1.54) is 16.6 Å². The van der Waals surface area contributed by atoms with Crippen molar-refractivity contribution in [1.82, 2.24) is 14.6 Å². The van der Waals surface area contributed by atoms with E-state index in [2.05, 4.69) is 10.1 Å². The Bertz CT molecular complexity index is 1290. The molecule has 0 spiro atoms. The molecule has 2 aromatic heterocycles. The second-order valence-electron chi connectivity index (χ2n) is 6.06. The van der Waals surface area contributed by atoms with E-state index in [1.807, 2.05) is 6.07 Å². The minimum Gasteiger partial charge on any atom is -0.293 e. The van der Waals surface area contributed by atoms with Gasteiger partial charge in [-0.1, -0.05) is 12.1 Å². The van der Waals surface area contributed by atoms with Gasteiger partial charge < -0.3 is 0 Å². The fourth-order valence-electron chi connectivity index (χ4n) is 3.03. The van der Waals surface area contributed by atoms with Crippen LogP contribution in [0.2, 0.25) is 0 Å². The number of hydrogen-bond acceptors (Lipinski definition) is 3. The smallest absolute Gasteiger partial charge is 0.273 e. The first kappa shape index (κ1) is 20.6. The fourth-order valence-corrected chi connectivity index (χ4v) is 3.03. The molecule has 4 aromatic rings. The van der Waals surface area contributed by atoms with Gasteiger partial charge in [0.05, 0.1) is 17.3 Å².